The Balaban J connectivity index is 1.69. The van der Waals surface area contributed by atoms with Crippen molar-refractivity contribution in [1.82, 2.24) is 0 Å². The fourth-order valence-corrected chi connectivity index (χ4v) is 6.69. The number of aliphatic hydroxyl groups is 2. The maximum atomic E-state index is 14.8. The molecule has 0 radical (unpaired) electrons. The molecule has 4 rings (SSSR count). The summed E-state index contributed by atoms with van der Waals surface area (Å²) in [6.07, 6.45) is 2.64. The summed E-state index contributed by atoms with van der Waals surface area (Å²) in [7, 11) is -3.77. The van der Waals surface area contributed by atoms with Crippen molar-refractivity contribution in [1.29, 1.82) is 0 Å². The van der Waals surface area contributed by atoms with E-state index in [0.717, 1.165) is 41.4 Å². The van der Waals surface area contributed by atoms with Crippen molar-refractivity contribution in [3.63, 3.8) is 0 Å². The van der Waals surface area contributed by atoms with Gasteiger partial charge in [-0.3, -0.25) is 0 Å². The molecule has 30 heavy (non-hydrogen) atoms. The molecule has 2 atom stereocenters. The maximum absolute atomic E-state index is 14.8. The van der Waals surface area contributed by atoms with E-state index in [1.807, 2.05) is 0 Å². The third kappa shape index (κ3) is 3.75. The quantitative estimate of drug-likeness (QED) is 0.517. The Labute approximate surface area is 178 Å². The molecule has 2 aliphatic rings. The monoisotopic (exact) mass is 457 g/mol. The second-order valence-corrected chi connectivity index (χ2v) is 11.4. The van der Waals surface area contributed by atoms with Crippen LogP contribution in [0.4, 0.5) is 14.5 Å². The number of benzene rings is 1. The van der Waals surface area contributed by atoms with Crippen LogP contribution in [0.5, 0.6) is 0 Å². The summed E-state index contributed by atoms with van der Waals surface area (Å²) in [5.74, 6) is -0.987. The van der Waals surface area contributed by atoms with E-state index in [4.69, 9.17) is 5.14 Å². The molecule has 1 aromatic carbocycles. The van der Waals surface area contributed by atoms with Gasteiger partial charge < -0.3 is 15.5 Å². The molecule has 0 aliphatic heterocycles. The highest BCUT2D eigenvalue weighted by atomic mass is 32.2. The number of anilines is 1. The second-order valence-electron chi connectivity index (χ2n) is 8.31. The molecule has 0 fully saturated rings. The number of hydrogen-bond donors (Lipinski definition) is 4. The average molecular weight is 458 g/mol. The molecule has 1 aromatic heterocycles. The van der Waals surface area contributed by atoms with Gasteiger partial charge in [0.2, 0.25) is 6.35 Å². The Morgan fingerprint density at radius 3 is 2.20 bits per heavy atom. The minimum Gasteiger partial charge on any atom is -0.385 e. The summed E-state index contributed by atoms with van der Waals surface area (Å²) >= 11 is 0.756. The molecule has 0 spiro atoms. The second kappa shape index (κ2) is 7.52. The van der Waals surface area contributed by atoms with Gasteiger partial charge in [0.05, 0.1) is 5.60 Å². The molecule has 0 saturated heterocycles. The standard InChI is InChI=1S/C20H25F2N3O3S2/c1-20(2,27)15-9-14(21)18(29-15)30(23,28)25-19(26)24-17-12-7-3-5-10(12)16(22)11-6-4-8-13(11)17/h9,19,24,26-27H,3-8H2,1-2H3,(H2,23,25,28)/t19?,30-/m1/s1. The number of nitrogens with zero attached hydrogens (tertiary/aromatic N) is 1. The van der Waals surface area contributed by atoms with E-state index in [1.165, 1.54) is 13.8 Å². The highest BCUT2D eigenvalue weighted by Crippen LogP contribution is 2.41. The lowest BCUT2D eigenvalue weighted by atomic mass is 9.98. The topological polar surface area (TPSA) is 108 Å². The van der Waals surface area contributed by atoms with Crippen LogP contribution in [0.1, 0.15) is 53.8 Å². The fraction of sp³-hybridized carbons (Fsp3) is 0.500. The van der Waals surface area contributed by atoms with Crippen LogP contribution in [-0.4, -0.2) is 20.8 Å². The number of thiophene rings is 1. The van der Waals surface area contributed by atoms with E-state index in [1.54, 1.807) is 0 Å². The zero-order valence-electron chi connectivity index (χ0n) is 16.8. The molecule has 2 aromatic rings. The van der Waals surface area contributed by atoms with E-state index in [9.17, 15) is 23.2 Å². The molecule has 164 valence electrons. The van der Waals surface area contributed by atoms with Crippen molar-refractivity contribution >= 4 is 26.9 Å². The summed E-state index contributed by atoms with van der Waals surface area (Å²) in [5, 5.41) is 29.2. The van der Waals surface area contributed by atoms with Gasteiger partial charge >= 0.3 is 0 Å². The van der Waals surface area contributed by atoms with Gasteiger partial charge in [0.25, 0.3) is 0 Å². The van der Waals surface area contributed by atoms with E-state index in [2.05, 4.69) is 9.68 Å². The van der Waals surface area contributed by atoms with Gasteiger partial charge in [0.15, 0.2) is 19.9 Å². The smallest absolute Gasteiger partial charge is 0.233 e. The van der Waals surface area contributed by atoms with Crippen LogP contribution in [-0.2, 0) is 41.2 Å². The number of nitrogens with two attached hydrogens (primary N) is 1. The summed E-state index contributed by atoms with van der Waals surface area (Å²) in [4.78, 5) is 0.250. The van der Waals surface area contributed by atoms with Gasteiger partial charge in [-0.2, -0.15) is 4.36 Å². The molecule has 2 aliphatic carbocycles. The SMILES string of the molecule is CC(C)(O)c1cc(F)c([S@](N)(=O)=NC(O)Nc2c3c(c(F)c4c2CCC4)CCC3)s1. The van der Waals surface area contributed by atoms with Crippen molar-refractivity contribution < 1.29 is 23.2 Å². The number of halogens is 2. The van der Waals surface area contributed by atoms with Gasteiger partial charge in [-0.15, -0.1) is 11.3 Å². The molecule has 0 amide bonds. The van der Waals surface area contributed by atoms with Gasteiger partial charge in [0.1, 0.15) is 5.82 Å². The zero-order chi connectivity index (χ0) is 21.8. The molecule has 5 N–H and O–H groups in total. The van der Waals surface area contributed by atoms with Crippen molar-refractivity contribution in [2.45, 2.75) is 68.5 Å². The van der Waals surface area contributed by atoms with Crippen LogP contribution >= 0.6 is 11.3 Å². The third-order valence-electron chi connectivity index (χ3n) is 5.62. The van der Waals surface area contributed by atoms with Crippen LogP contribution < -0.4 is 10.5 Å². The highest BCUT2D eigenvalue weighted by Gasteiger charge is 2.30. The lowest BCUT2D eigenvalue weighted by Gasteiger charge is -2.20. The summed E-state index contributed by atoms with van der Waals surface area (Å²) in [6.45, 7) is 2.95. The first-order chi connectivity index (χ1) is 14.0. The zero-order valence-corrected chi connectivity index (χ0v) is 18.4. The predicted molar refractivity (Wildman–Crippen MR) is 113 cm³/mol. The number of hydrogen-bond acceptors (Lipinski definition) is 6. The first-order valence-electron chi connectivity index (χ1n) is 9.85. The number of aliphatic hydroxyl groups excluding tert-OH is 1. The molecule has 0 saturated carbocycles. The lowest BCUT2D eigenvalue weighted by Crippen LogP contribution is -2.24. The third-order valence-corrected chi connectivity index (χ3v) is 9.05. The van der Waals surface area contributed by atoms with Crippen LogP contribution in [0, 0.1) is 11.6 Å². The highest BCUT2D eigenvalue weighted by molar-refractivity contribution is 7.93. The first kappa shape index (κ1) is 21.6. The molecule has 1 heterocycles. The predicted octanol–water partition coefficient (Wildman–Crippen LogP) is 3.32. The largest absolute Gasteiger partial charge is 0.385 e. The van der Waals surface area contributed by atoms with Gasteiger partial charge in [-0.1, -0.05) is 0 Å². The normalized spacial score (nSPS) is 18.6. The van der Waals surface area contributed by atoms with Crippen molar-refractivity contribution in [2.75, 3.05) is 5.32 Å². The number of fused-ring (bicyclic) bond motifs is 2. The molecular formula is C20H25F2N3O3S2. The maximum Gasteiger partial charge on any atom is 0.233 e. The number of nitrogens with one attached hydrogen (secondary N) is 1. The number of rotatable bonds is 5. The van der Waals surface area contributed by atoms with E-state index in [-0.39, 0.29) is 14.9 Å². The Kier molecular flexibility index (Phi) is 5.43. The van der Waals surface area contributed by atoms with Crippen LogP contribution in [0.3, 0.4) is 0 Å². The summed E-state index contributed by atoms with van der Waals surface area (Å²) < 4.78 is 45.5. The van der Waals surface area contributed by atoms with Gasteiger partial charge in [0, 0.05) is 10.6 Å². The van der Waals surface area contributed by atoms with Crippen molar-refractivity contribution in [3.8, 4) is 0 Å². The van der Waals surface area contributed by atoms with E-state index < -0.39 is 27.7 Å². The first-order valence-corrected chi connectivity index (χ1v) is 12.2. The molecule has 1 unspecified atom stereocenters. The lowest BCUT2D eigenvalue weighted by molar-refractivity contribution is 0.0823. The molecule has 6 nitrogen and oxygen atoms in total. The fourth-order valence-electron chi connectivity index (χ4n) is 4.27. The van der Waals surface area contributed by atoms with Crippen molar-refractivity contribution in [2.24, 2.45) is 9.50 Å². The molecule has 10 heteroatoms. The minimum absolute atomic E-state index is 0.144. The van der Waals surface area contributed by atoms with Crippen LogP contribution in [0.2, 0.25) is 0 Å². The minimum atomic E-state index is -3.77. The Morgan fingerprint density at radius 2 is 1.70 bits per heavy atom. The summed E-state index contributed by atoms with van der Waals surface area (Å²) in [6, 6.07) is 1.07. The van der Waals surface area contributed by atoms with Crippen molar-refractivity contribution in [3.05, 3.63) is 44.8 Å². The van der Waals surface area contributed by atoms with Gasteiger partial charge in [-0.25, -0.2) is 18.1 Å². The Morgan fingerprint density at radius 1 is 1.17 bits per heavy atom. The Bertz CT molecular complexity index is 1100. The summed E-state index contributed by atoms with van der Waals surface area (Å²) in [5.41, 5.74) is 2.27. The average Bonchev–Trinajstić information content (AvgIpc) is 3.36. The molecular weight excluding hydrogens is 432 g/mol. The van der Waals surface area contributed by atoms with Crippen LogP contribution in [0.25, 0.3) is 0 Å². The van der Waals surface area contributed by atoms with Crippen LogP contribution in [0.15, 0.2) is 14.6 Å². The van der Waals surface area contributed by atoms with Gasteiger partial charge in [-0.05, 0) is 80.7 Å². The van der Waals surface area contributed by atoms with E-state index >= 15 is 0 Å². The van der Waals surface area contributed by atoms with E-state index in [0.29, 0.717) is 42.5 Å². The molecule has 0 bridgehead atoms. The Hall–Kier alpha value is -1.59.